The Morgan fingerprint density at radius 2 is 2.05 bits per heavy atom. The maximum Gasteiger partial charge on any atom is 0.232 e. The largest absolute Gasteiger partial charge is 0.367 e. The van der Waals surface area contributed by atoms with Crippen LogP contribution in [0.4, 0.5) is 10.3 Å². The van der Waals surface area contributed by atoms with Crippen LogP contribution in [0.15, 0.2) is 47.1 Å². The molecule has 1 aromatic carbocycles. The molecule has 0 fully saturated rings. The minimum absolute atomic E-state index is 0.138. The van der Waals surface area contributed by atoms with E-state index in [1.165, 1.54) is 18.2 Å². The molecule has 20 heavy (non-hydrogen) atoms. The molecule has 0 aliphatic rings. The fourth-order valence-corrected chi connectivity index (χ4v) is 2.18. The van der Waals surface area contributed by atoms with Crippen molar-refractivity contribution >= 4 is 17.5 Å². The molecule has 2 N–H and O–H groups in total. The molecule has 0 unspecified atom stereocenters. The van der Waals surface area contributed by atoms with Crippen LogP contribution in [0.5, 0.6) is 0 Å². The molecule has 2 aromatic heterocycles. The first-order chi connectivity index (χ1) is 9.66. The number of halogens is 2. The first-order valence-corrected chi connectivity index (χ1v) is 6.16. The van der Waals surface area contributed by atoms with Crippen LogP contribution < -0.4 is 5.73 Å². The third-order valence-corrected chi connectivity index (χ3v) is 3.14. The summed E-state index contributed by atoms with van der Waals surface area (Å²) in [5.41, 5.74) is 7.93. The Hall–Kier alpha value is -2.40. The van der Waals surface area contributed by atoms with Gasteiger partial charge in [0.2, 0.25) is 5.88 Å². The second-order valence-electron chi connectivity index (χ2n) is 4.11. The molecule has 0 radical (unpaired) electrons. The Morgan fingerprint density at radius 3 is 2.75 bits per heavy atom. The predicted octanol–water partition coefficient (Wildman–Crippen LogP) is 3.78. The monoisotopic (exact) mass is 289 g/mol. The van der Waals surface area contributed by atoms with Crippen LogP contribution in [0.2, 0.25) is 5.02 Å². The topological polar surface area (TPSA) is 64.9 Å². The molecule has 0 aliphatic heterocycles. The maximum atomic E-state index is 13.1. The van der Waals surface area contributed by atoms with E-state index in [0.29, 0.717) is 22.5 Å². The van der Waals surface area contributed by atoms with Crippen LogP contribution in [0.3, 0.4) is 0 Å². The van der Waals surface area contributed by atoms with Crippen LogP contribution >= 0.6 is 11.6 Å². The number of pyridine rings is 1. The zero-order valence-corrected chi connectivity index (χ0v) is 10.9. The van der Waals surface area contributed by atoms with E-state index < -0.39 is 5.82 Å². The standard InChI is InChI=1S/C14H9ClFN3O/c15-10-7-8(16)4-5-9(10)13-12(14(17)20-19-13)11-3-1-2-6-18-11/h1-7H,17H2. The number of hydrogen-bond donors (Lipinski definition) is 1. The van der Waals surface area contributed by atoms with Crippen molar-refractivity contribution in [3.63, 3.8) is 0 Å². The van der Waals surface area contributed by atoms with Crippen LogP contribution in [0, 0.1) is 5.82 Å². The van der Waals surface area contributed by atoms with Crippen molar-refractivity contribution < 1.29 is 8.91 Å². The summed E-state index contributed by atoms with van der Waals surface area (Å²) in [5.74, 6) is -0.284. The highest BCUT2D eigenvalue weighted by Gasteiger charge is 2.20. The Morgan fingerprint density at radius 1 is 1.20 bits per heavy atom. The van der Waals surface area contributed by atoms with Gasteiger partial charge in [-0.2, -0.15) is 0 Å². The van der Waals surface area contributed by atoms with Crippen LogP contribution in [-0.4, -0.2) is 10.1 Å². The smallest absolute Gasteiger partial charge is 0.232 e. The lowest BCUT2D eigenvalue weighted by Crippen LogP contribution is -1.90. The number of anilines is 1. The van der Waals surface area contributed by atoms with Crippen LogP contribution in [0.25, 0.3) is 22.5 Å². The molecule has 2 heterocycles. The van der Waals surface area contributed by atoms with Gasteiger partial charge in [0.1, 0.15) is 11.5 Å². The molecule has 0 amide bonds. The summed E-state index contributed by atoms with van der Waals surface area (Å²) in [6.45, 7) is 0. The number of nitrogens with zero attached hydrogens (tertiary/aromatic N) is 2. The summed E-state index contributed by atoms with van der Waals surface area (Å²) in [4.78, 5) is 4.22. The molecule has 0 bridgehead atoms. The van der Waals surface area contributed by atoms with Gasteiger partial charge in [0.25, 0.3) is 0 Å². The summed E-state index contributed by atoms with van der Waals surface area (Å²) >= 11 is 6.05. The first-order valence-electron chi connectivity index (χ1n) is 5.79. The van der Waals surface area contributed by atoms with Gasteiger partial charge in [-0.3, -0.25) is 4.98 Å². The molecular weight excluding hydrogens is 281 g/mol. The lowest BCUT2D eigenvalue weighted by atomic mass is 10.0. The van der Waals surface area contributed by atoms with Gasteiger partial charge in [-0.25, -0.2) is 4.39 Å². The van der Waals surface area contributed by atoms with Crippen LogP contribution in [-0.2, 0) is 0 Å². The molecule has 4 nitrogen and oxygen atoms in total. The van der Waals surface area contributed by atoms with Gasteiger partial charge in [-0.05, 0) is 30.3 Å². The van der Waals surface area contributed by atoms with Gasteiger partial charge in [0.15, 0.2) is 0 Å². The van der Waals surface area contributed by atoms with Gasteiger partial charge >= 0.3 is 0 Å². The third-order valence-electron chi connectivity index (χ3n) is 2.83. The third kappa shape index (κ3) is 2.12. The van der Waals surface area contributed by atoms with Gasteiger partial charge in [-0.15, -0.1) is 0 Å². The lowest BCUT2D eigenvalue weighted by Gasteiger charge is -2.04. The number of nitrogens with two attached hydrogens (primary N) is 1. The molecule has 0 spiro atoms. The maximum absolute atomic E-state index is 13.1. The van der Waals surface area contributed by atoms with Gasteiger partial charge in [0, 0.05) is 11.8 Å². The Labute approximate surface area is 119 Å². The van der Waals surface area contributed by atoms with Crippen molar-refractivity contribution in [2.75, 3.05) is 5.73 Å². The van der Waals surface area contributed by atoms with E-state index in [1.807, 2.05) is 6.07 Å². The zero-order chi connectivity index (χ0) is 14.1. The quantitative estimate of drug-likeness (QED) is 0.780. The molecule has 6 heteroatoms. The minimum atomic E-state index is -0.422. The fourth-order valence-electron chi connectivity index (χ4n) is 1.93. The first kappa shape index (κ1) is 12.6. The predicted molar refractivity (Wildman–Crippen MR) is 74.6 cm³/mol. The number of rotatable bonds is 2. The Kier molecular flexibility index (Phi) is 3.12. The number of benzene rings is 1. The Bertz CT molecular complexity index is 758. The highest BCUT2D eigenvalue weighted by atomic mass is 35.5. The molecule has 0 atom stereocenters. The second-order valence-corrected chi connectivity index (χ2v) is 4.52. The number of nitrogen functional groups attached to an aromatic ring is 1. The van der Waals surface area contributed by atoms with E-state index in [1.54, 1.807) is 18.3 Å². The highest BCUT2D eigenvalue weighted by Crippen LogP contribution is 2.38. The average molecular weight is 290 g/mol. The van der Waals surface area contributed by atoms with E-state index >= 15 is 0 Å². The van der Waals surface area contributed by atoms with Crippen molar-refractivity contribution in [3.8, 4) is 22.5 Å². The summed E-state index contributed by atoms with van der Waals surface area (Å²) in [6.07, 6.45) is 1.64. The van der Waals surface area contributed by atoms with Crippen molar-refractivity contribution in [3.05, 3.63) is 53.4 Å². The van der Waals surface area contributed by atoms with Crippen molar-refractivity contribution in [2.45, 2.75) is 0 Å². The van der Waals surface area contributed by atoms with Crippen molar-refractivity contribution in [1.82, 2.24) is 10.1 Å². The fraction of sp³-hybridized carbons (Fsp3) is 0. The van der Waals surface area contributed by atoms with Gasteiger partial charge < -0.3 is 10.3 Å². The summed E-state index contributed by atoms with van der Waals surface area (Å²) in [6, 6.07) is 9.44. The highest BCUT2D eigenvalue weighted by molar-refractivity contribution is 6.33. The van der Waals surface area contributed by atoms with E-state index in [9.17, 15) is 4.39 Å². The molecule has 0 saturated heterocycles. The molecule has 3 aromatic rings. The van der Waals surface area contributed by atoms with E-state index in [2.05, 4.69) is 10.1 Å². The Balaban J connectivity index is 2.21. The normalized spacial score (nSPS) is 10.7. The summed E-state index contributed by atoms with van der Waals surface area (Å²) in [7, 11) is 0. The van der Waals surface area contributed by atoms with E-state index in [4.69, 9.17) is 21.9 Å². The lowest BCUT2D eigenvalue weighted by molar-refractivity contribution is 0.439. The van der Waals surface area contributed by atoms with E-state index in [-0.39, 0.29) is 10.9 Å². The summed E-state index contributed by atoms with van der Waals surface area (Å²) < 4.78 is 18.2. The molecular formula is C14H9ClFN3O. The van der Waals surface area contributed by atoms with Crippen LogP contribution in [0.1, 0.15) is 0 Å². The summed E-state index contributed by atoms with van der Waals surface area (Å²) in [5, 5.41) is 4.14. The molecule has 3 rings (SSSR count). The second kappa shape index (κ2) is 4.94. The number of aromatic nitrogens is 2. The average Bonchev–Trinajstić information content (AvgIpc) is 2.81. The van der Waals surface area contributed by atoms with Gasteiger partial charge in [0.05, 0.1) is 16.3 Å². The van der Waals surface area contributed by atoms with Crippen molar-refractivity contribution in [2.24, 2.45) is 0 Å². The molecule has 0 aliphatic carbocycles. The van der Waals surface area contributed by atoms with Gasteiger partial charge in [-0.1, -0.05) is 22.8 Å². The minimum Gasteiger partial charge on any atom is -0.367 e. The molecule has 0 saturated carbocycles. The zero-order valence-electron chi connectivity index (χ0n) is 10.2. The molecule has 100 valence electrons. The number of hydrogen-bond acceptors (Lipinski definition) is 4. The SMILES string of the molecule is Nc1onc(-c2ccc(F)cc2Cl)c1-c1ccccn1. The van der Waals surface area contributed by atoms with Crippen molar-refractivity contribution in [1.29, 1.82) is 0 Å². The van der Waals surface area contributed by atoms with E-state index in [0.717, 1.165) is 0 Å².